The molecule has 2 heterocycles. The number of rotatable bonds is 2. The van der Waals surface area contributed by atoms with Crippen molar-refractivity contribution in [1.82, 2.24) is 4.90 Å². The second-order valence-electron chi connectivity index (χ2n) is 6.75. The van der Waals surface area contributed by atoms with Gasteiger partial charge in [-0.3, -0.25) is 4.90 Å². The van der Waals surface area contributed by atoms with Gasteiger partial charge in [0.2, 0.25) is 0 Å². The zero-order valence-corrected chi connectivity index (χ0v) is 14.7. The molecule has 3 nitrogen and oxygen atoms in total. The Labute approximate surface area is 135 Å². The highest BCUT2D eigenvalue weighted by atomic mass is 79.9. The molecule has 0 saturated carbocycles. The maximum atomic E-state index is 9.97. The van der Waals surface area contributed by atoms with Crippen molar-refractivity contribution >= 4 is 21.6 Å². The lowest BCUT2D eigenvalue weighted by atomic mass is 9.81. The highest BCUT2D eigenvalue weighted by Gasteiger charge is 2.53. The number of anilines is 1. The van der Waals surface area contributed by atoms with E-state index in [0.29, 0.717) is 11.9 Å². The predicted octanol–water partition coefficient (Wildman–Crippen LogP) is 3.86. The number of halogens is 1. The van der Waals surface area contributed by atoms with Crippen LogP contribution in [0.2, 0.25) is 0 Å². The number of likely N-dealkylation sites (N-methyl/N-ethyl adjacent to an activating group) is 1. The third-order valence-electron chi connectivity index (χ3n) is 4.95. The van der Waals surface area contributed by atoms with Gasteiger partial charge in [-0.2, -0.15) is 0 Å². The number of allylic oxidation sites excluding steroid dienone is 1. The Morgan fingerprint density at radius 3 is 2.86 bits per heavy atom. The molecule has 0 spiro atoms. The van der Waals surface area contributed by atoms with Gasteiger partial charge in [-0.05, 0) is 53.9 Å². The van der Waals surface area contributed by atoms with E-state index in [-0.39, 0.29) is 5.41 Å². The Morgan fingerprint density at radius 2 is 2.19 bits per heavy atom. The van der Waals surface area contributed by atoms with E-state index < -0.39 is 0 Å². The van der Waals surface area contributed by atoms with Gasteiger partial charge in [0.25, 0.3) is 0 Å². The second-order valence-corrected chi connectivity index (χ2v) is 7.61. The van der Waals surface area contributed by atoms with E-state index >= 15 is 0 Å². The number of hydrogen-bond acceptors (Lipinski definition) is 3. The van der Waals surface area contributed by atoms with Crippen molar-refractivity contribution in [1.29, 1.82) is 0 Å². The molecule has 21 heavy (non-hydrogen) atoms. The molecule has 3 rings (SSSR count). The molecule has 1 aromatic carbocycles. The van der Waals surface area contributed by atoms with Crippen LogP contribution in [0.4, 0.5) is 5.69 Å². The maximum Gasteiger partial charge on any atom is 0.117 e. The van der Waals surface area contributed by atoms with E-state index in [4.69, 9.17) is 0 Å². The van der Waals surface area contributed by atoms with Crippen LogP contribution in [0, 0.1) is 0 Å². The Bertz CT molecular complexity index is 609. The van der Waals surface area contributed by atoms with Crippen molar-refractivity contribution in [3.05, 3.63) is 33.8 Å². The molecule has 0 bridgehead atoms. The van der Waals surface area contributed by atoms with Crippen LogP contribution in [0.15, 0.2) is 28.3 Å². The molecular weight excluding hydrogens is 328 g/mol. The van der Waals surface area contributed by atoms with Crippen LogP contribution < -0.4 is 4.90 Å². The first-order valence-corrected chi connectivity index (χ1v) is 8.27. The van der Waals surface area contributed by atoms with E-state index in [1.165, 1.54) is 16.8 Å². The van der Waals surface area contributed by atoms with Crippen LogP contribution in [0.5, 0.6) is 5.75 Å². The number of likely N-dealkylation sites (tertiary alicyclic amines) is 1. The van der Waals surface area contributed by atoms with Crippen LogP contribution in [-0.2, 0) is 5.41 Å². The van der Waals surface area contributed by atoms with E-state index in [0.717, 1.165) is 24.0 Å². The van der Waals surface area contributed by atoms with Crippen molar-refractivity contribution in [3.8, 4) is 5.75 Å². The highest BCUT2D eigenvalue weighted by molar-refractivity contribution is 9.10. The first-order chi connectivity index (χ1) is 9.84. The fraction of sp³-hybridized carbons (Fsp3) is 0.529. The standard InChI is InChI=1S/C17H23BrN2O/c1-11(2)5-7-20-8-6-17(3)13-9-12(21)10-14(18)15(13)19(4)16(17)20/h5,9-10,16,21H,6-8H2,1-4H3. The van der Waals surface area contributed by atoms with Gasteiger partial charge in [-0.15, -0.1) is 0 Å². The first kappa shape index (κ1) is 14.9. The van der Waals surface area contributed by atoms with Gasteiger partial charge in [-0.25, -0.2) is 0 Å². The number of aromatic hydroxyl groups is 1. The zero-order chi connectivity index (χ0) is 15.4. The van der Waals surface area contributed by atoms with Crippen LogP contribution in [-0.4, -0.2) is 36.3 Å². The summed E-state index contributed by atoms with van der Waals surface area (Å²) in [6.07, 6.45) is 3.79. The first-order valence-electron chi connectivity index (χ1n) is 7.48. The molecule has 1 saturated heterocycles. The molecule has 0 amide bonds. The molecule has 1 aromatic rings. The second kappa shape index (κ2) is 5.03. The quantitative estimate of drug-likeness (QED) is 0.820. The van der Waals surface area contributed by atoms with Crippen molar-refractivity contribution in [2.75, 3.05) is 25.0 Å². The molecular formula is C17H23BrN2O. The van der Waals surface area contributed by atoms with Gasteiger partial charge in [0, 0.05) is 30.0 Å². The number of hydrogen-bond donors (Lipinski definition) is 1. The minimum absolute atomic E-state index is 0.0842. The Morgan fingerprint density at radius 1 is 1.48 bits per heavy atom. The molecule has 0 aliphatic carbocycles. The number of phenols is 1. The van der Waals surface area contributed by atoms with Gasteiger partial charge in [0.05, 0.1) is 11.9 Å². The number of nitrogens with zero attached hydrogens (tertiary/aromatic N) is 2. The zero-order valence-electron chi connectivity index (χ0n) is 13.2. The minimum atomic E-state index is 0.0842. The summed E-state index contributed by atoms with van der Waals surface area (Å²) in [5.41, 5.74) is 3.94. The topological polar surface area (TPSA) is 26.7 Å². The lowest BCUT2D eigenvalue weighted by molar-refractivity contribution is 0.244. The normalized spacial score (nSPS) is 27.7. The van der Waals surface area contributed by atoms with Crippen LogP contribution in [0.25, 0.3) is 0 Å². The average Bonchev–Trinajstić information content (AvgIpc) is 2.82. The van der Waals surface area contributed by atoms with Crippen molar-refractivity contribution < 1.29 is 5.11 Å². The molecule has 2 aliphatic rings. The van der Waals surface area contributed by atoms with Gasteiger partial charge >= 0.3 is 0 Å². The molecule has 0 aromatic heterocycles. The van der Waals surface area contributed by atoms with E-state index in [1.54, 1.807) is 6.07 Å². The SMILES string of the molecule is CC(C)=CCN1CCC2(C)c3cc(O)cc(Br)c3N(C)C12. The van der Waals surface area contributed by atoms with E-state index in [1.807, 2.05) is 6.07 Å². The molecule has 4 heteroatoms. The van der Waals surface area contributed by atoms with Gasteiger partial charge in [0.15, 0.2) is 0 Å². The van der Waals surface area contributed by atoms with Crippen LogP contribution in [0.3, 0.4) is 0 Å². The Balaban J connectivity index is 2.03. The molecule has 2 atom stereocenters. The van der Waals surface area contributed by atoms with Crippen molar-refractivity contribution in [2.24, 2.45) is 0 Å². The lowest BCUT2D eigenvalue weighted by Gasteiger charge is -2.34. The number of phenolic OH excluding ortho intramolecular Hbond substituents is 1. The molecule has 114 valence electrons. The van der Waals surface area contributed by atoms with E-state index in [9.17, 15) is 5.11 Å². The predicted molar refractivity (Wildman–Crippen MR) is 91.0 cm³/mol. The molecule has 2 aliphatic heterocycles. The lowest BCUT2D eigenvalue weighted by Crippen LogP contribution is -2.47. The summed E-state index contributed by atoms with van der Waals surface area (Å²) in [5, 5.41) is 9.97. The van der Waals surface area contributed by atoms with E-state index in [2.05, 4.69) is 59.6 Å². The third-order valence-corrected chi connectivity index (χ3v) is 5.56. The summed E-state index contributed by atoms with van der Waals surface area (Å²) in [5.74, 6) is 0.346. The summed E-state index contributed by atoms with van der Waals surface area (Å²) < 4.78 is 0.984. The number of benzene rings is 1. The molecule has 1 N–H and O–H groups in total. The molecule has 0 radical (unpaired) electrons. The summed E-state index contributed by atoms with van der Waals surface area (Å²) in [4.78, 5) is 4.90. The Kier molecular flexibility index (Phi) is 3.57. The van der Waals surface area contributed by atoms with Gasteiger partial charge in [0.1, 0.15) is 5.75 Å². The van der Waals surface area contributed by atoms with Crippen molar-refractivity contribution in [2.45, 2.75) is 38.8 Å². The summed E-state index contributed by atoms with van der Waals surface area (Å²) in [7, 11) is 2.16. The monoisotopic (exact) mass is 350 g/mol. The molecule has 1 fully saturated rings. The van der Waals surface area contributed by atoms with Crippen molar-refractivity contribution in [3.63, 3.8) is 0 Å². The highest BCUT2D eigenvalue weighted by Crippen LogP contribution is 2.54. The summed E-state index contributed by atoms with van der Waals surface area (Å²) in [6, 6.07) is 3.74. The van der Waals surface area contributed by atoms with Crippen LogP contribution >= 0.6 is 15.9 Å². The summed E-state index contributed by atoms with van der Waals surface area (Å²) >= 11 is 3.62. The smallest absolute Gasteiger partial charge is 0.117 e. The Hall–Kier alpha value is -1.00. The third kappa shape index (κ3) is 2.20. The minimum Gasteiger partial charge on any atom is -0.508 e. The maximum absolute atomic E-state index is 9.97. The fourth-order valence-corrected chi connectivity index (χ4v) is 4.70. The average molecular weight is 351 g/mol. The van der Waals surface area contributed by atoms with Gasteiger partial charge in [-0.1, -0.05) is 18.6 Å². The van der Waals surface area contributed by atoms with Crippen LogP contribution in [0.1, 0.15) is 32.8 Å². The van der Waals surface area contributed by atoms with Gasteiger partial charge < -0.3 is 10.0 Å². The largest absolute Gasteiger partial charge is 0.508 e. The fourth-order valence-electron chi connectivity index (χ4n) is 3.97. The summed E-state index contributed by atoms with van der Waals surface area (Å²) in [6.45, 7) is 8.72. The number of fused-ring (bicyclic) bond motifs is 3. The molecule has 2 unspecified atom stereocenters.